The second-order valence-electron chi connectivity index (χ2n) is 5.85. The van der Waals surface area contributed by atoms with Gasteiger partial charge in [-0.1, -0.05) is 6.07 Å². The highest BCUT2D eigenvalue weighted by atomic mass is 32.1. The van der Waals surface area contributed by atoms with Crippen molar-refractivity contribution in [3.05, 3.63) is 62.4 Å². The van der Waals surface area contributed by atoms with Crippen LogP contribution >= 0.6 is 22.7 Å². The van der Waals surface area contributed by atoms with Crippen LogP contribution in [-0.4, -0.2) is 23.1 Å². The van der Waals surface area contributed by atoms with Gasteiger partial charge < -0.3 is 14.6 Å². The molecule has 138 valence electrons. The Morgan fingerprint density at radius 2 is 2.07 bits per heavy atom. The lowest BCUT2D eigenvalue weighted by molar-refractivity contribution is -0.119. The average molecular weight is 399 g/mol. The molecule has 3 aromatic heterocycles. The van der Waals surface area contributed by atoms with Gasteiger partial charge in [-0.2, -0.15) is 5.26 Å². The van der Waals surface area contributed by atoms with Gasteiger partial charge in [-0.05, 0) is 42.8 Å². The zero-order valence-electron chi connectivity index (χ0n) is 14.8. The molecule has 1 N–H and O–H groups in total. The minimum Gasteiger partial charge on any atom is -0.452 e. The Bertz CT molecular complexity index is 1010. The van der Waals surface area contributed by atoms with E-state index in [-0.39, 0.29) is 0 Å². The monoisotopic (exact) mass is 399 g/mol. The maximum absolute atomic E-state index is 12.4. The molecule has 0 radical (unpaired) electrons. The predicted molar refractivity (Wildman–Crippen MR) is 105 cm³/mol. The highest BCUT2D eigenvalue weighted by Crippen LogP contribution is 2.22. The van der Waals surface area contributed by atoms with Gasteiger partial charge in [0.15, 0.2) is 6.61 Å². The fourth-order valence-electron chi connectivity index (χ4n) is 2.68. The number of ether oxygens (including phenoxy) is 1. The number of esters is 1. The number of nitrogens with zero attached hydrogens (tertiary/aromatic N) is 2. The van der Waals surface area contributed by atoms with Crippen LogP contribution in [0.1, 0.15) is 32.2 Å². The quantitative estimate of drug-likeness (QED) is 0.636. The zero-order valence-corrected chi connectivity index (χ0v) is 16.4. The van der Waals surface area contributed by atoms with Gasteiger partial charge in [-0.15, -0.1) is 22.7 Å². The van der Waals surface area contributed by atoms with Crippen molar-refractivity contribution in [3.63, 3.8) is 0 Å². The number of aromatic nitrogens is 1. The Labute approximate surface area is 164 Å². The SMILES string of the molecule is Cc1cc(C(=O)OCC(=O)Nc2sccc2C#N)c(C)n1Cc1cccs1. The maximum atomic E-state index is 12.4. The van der Waals surface area contributed by atoms with E-state index in [4.69, 9.17) is 10.00 Å². The fraction of sp³-hybridized carbons (Fsp3) is 0.211. The van der Waals surface area contributed by atoms with Gasteiger partial charge >= 0.3 is 5.97 Å². The molecule has 3 heterocycles. The number of nitriles is 1. The minimum atomic E-state index is -0.539. The third-order valence-corrected chi connectivity index (χ3v) is 5.75. The first-order chi connectivity index (χ1) is 13.0. The Hall–Kier alpha value is -2.89. The summed E-state index contributed by atoms with van der Waals surface area (Å²) >= 11 is 2.90. The number of rotatable bonds is 6. The van der Waals surface area contributed by atoms with Gasteiger partial charge in [0.05, 0.1) is 17.7 Å². The molecule has 27 heavy (non-hydrogen) atoms. The van der Waals surface area contributed by atoms with Crippen LogP contribution in [0.25, 0.3) is 0 Å². The third kappa shape index (κ3) is 4.27. The van der Waals surface area contributed by atoms with E-state index in [0.29, 0.717) is 22.7 Å². The van der Waals surface area contributed by atoms with Crippen molar-refractivity contribution in [2.75, 3.05) is 11.9 Å². The van der Waals surface area contributed by atoms with Crippen molar-refractivity contribution >= 4 is 39.6 Å². The van der Waals surface area contributed by atoms with E-state index < -0.39 is 18.5 Å². The van der Waals surface area contributed by atoms with E-state index in [2.05, 4.69) is 5.32 Å². The molecule has 0 saturated heterocycles. The smallest absolute Gasteiger partial charge is 0.340 e. The minimum absolute atomic E-state index is 0.386. The molecule has 0 fully saturated rings. The van der Waals surface area contributed by atoms with Crippen LogP contribution in [0.2, 0.25) is 0 Å². The summed E-state index contributed by atoms with van der Waals surface area (Å²) in [7, 11) is 0. The number of hydrogen-bond acceptors (Lipinski definition) is 6. The van der Waals surface area contributed by atoms with Crippen molar-refractivity contribution in [2.24, 2.45) is 0 Å². The van der Waals surface area contributed by atoms with Crippen LogP contribution in [0.15, 0.2) is 35.0 Å². The first-order valence-electron chi connectivity index (χ1n) is 8.13. The van der Waals surface area contributed by atoms with Gasteiger partial charge in [0.2, 0.25) is 0 Å². The van der Waals surface area contributed by atoms with E-state index in [1.54, 1.807) is 28.8 Å². The van der Waals surface area contributed by atoms with E-state index in [0.717, 1.165) is 11.4 Å². The second-order valence-corrected chi connectivity index (χ2v) is 7.80. The second kappa shape index (κ2) is 8.20. The summed E-state index contributed by atoms with van der Waals surface area (Å²) in [6.45, 7) is 4.08. The van der Waals surface area contributed by atoms with Crippen LogP contribution in [0.5, 0.6) is 0 Å². The normalized spacial score (nSPS) is 10.4. The third-order valence-electron chi connectivity index (χ3n) is 4.06. The lowest BCUT2D eigenvalue weighted by Gasteiger charge is -2.09. The summed E-state index contributed by atoms with van der Waals surface area (Å²) in [5.41, 5.74) is 2.59. The molecule has 0 aliphatic rings. The molecule has 0 aromatic carbocycles. The molecule has 0 unspecified atom stereocenters. The highest BCUT2D eigenvalue weighted by molar-refractivity contribution is 7.14. The lowest BCUT2D eigenvalue weighted by Crippen LogP contribution is -2.21. The summed E-state index contributed by atoms with van der Waals surface area (Å²) in [6, 6.07) is 9.43. The summed E-state index contributed by atoms with van der Waals surface area (Å²) < 4.78 is 7.21. The standard InChI is InChI=1S/C19H17N3O3S2/c1-12-8-16(13(2)22(12)10-15-4-3-6-26-15)19(24)25-11-17(23)21-18-14(9-20)5-7-27-18/h3-8H,10-11H2,1-2H3,(H,21,23). The van der Waals surface area contributed by atoms with E-state index in [9.17, 15) is 9.59 Å². The number of hydrogen-bond donors (Lipinski definition) is 1. The number of carbonyl (C=O) groups is 2. The van der Waals surface area contributed by atoms with Crippen molar-refractivity contribution in [2.45, 2.75) is 20.4 Å². The molecule has 0 aliphatic carbocycles. The first kappa shape index (κ1) is 18.9. The molecule has 0 saturated carbocycles. The largest absolute Gasteiger partial charge is 0.452 e. The van der Waals surface area contributed by atoms with Crippen LogP contribution in [-0.2, 0) is 16.1 Å². The van der Waals surface area contributed by atoms with Crippen molar-refractivity contribution in [3.8, 4) is 6.07 Å². The molecule has 0 aliphatic heterocycles. The van der Waals surface area contributed by atoms with Gasteiger partial charge in [0, 0.05) is 16.3 Å². The number of nitrogens with one attached hydrogen (secondary N) is 1. The van der Waals surface area contributed by atoms with Gasteiger partial charge in [0.1, 0.15) is 11.1 Å². The molecule has 8 heteroatoms. The molecule has 3 rings (SSSR count). The number of anilines is 1. The van der Waals surface area contributed by atoms with Crippen LogP contribution in [0, 0.1) is 25.2 Å². The molecule has 0 spiro atoms. The summed E-state index contributed by atoms with van der Waals surface area (Å²) in [6.07, 6.45) is 0. The molecular formula is C19H17N3O3S2. The summed E-state index contributed by atoms with van der Waals surface area (Å²) in [4.78, 5) is 25.6. The summed E-state index contributed by atoms with van der Waals surface area (Å²) in [5, 5.41) is 15.7. The van der Waals surface area contributed by atoms with E-state index in [1.165, 1.54) is 16.2 Å². The number of amides is 1. The Balaban J connectivity index is 1.63. The predicted octanol–water partition coefficient (Wildman–Crippen LogP) is 3.94. The number of thiophene rings is 2. The van der Waals surface area contributed by atoms with Gasteiger partial charge in [-0.25, -0.2) is 4.79 Å². The highest BCUT2D eigenvalue weighted by Gasteiger charge is 2.19. The Kier molecular flexibility index (Phi) is 5.74. The Morgan fingerprint density at radius 3 is 2.78 bits per heavy atom. The van der Waals surface area contributed by atoms with Crippen LogP contribution < -0.4 is 5.32 Å². The number of aryl methyl sites for hydroxylation is 1. The fourth-order valence-corrected chi connectivity index (χ4v) is 4.12. The molecule has 6 nitrogen and oxygen atoms in total. The molecule has 0 atom stereocenters. The zero-order chi connectivity index (χ0) is 19.4. The van der Waals surface area contributed by atoms with Crippen LogP contribution in [0.4, 0.5) is 5.00 Å². The van der Waals surface area contributed by atoms with Crippen molar-refractivity contribution in [1.82, 2.24) is 4.57 Å². The van der Waals surface area contributed by atoms with E-state index in [1.807, 2.05) is 42.0 Å². The number of carbonyl (C=O) groups excluding carboxylic acids is 2. The summed E-state index contributed by atoms with van der Waals surface area (Å²) in [5.74, 6) is -1.02. The molecule has 3 aromatic rings. The average Bonchev–Trinajstić information content (AvgIpc) is 3.37. The topological polar surface area (TPSA) is 84.1 Å². The van der Waals surface area contributed by atoms with Gasteiger partial charge in [0.25, 0.3) is 5.91 Å². The first-order valence-corrected chi connectivity index (χ1v) is 9.89. The lowest BCUT2D eigenvalue weighted by atomic mass is 10.2. The Morgan fingerprint density at radius 1 is 1.26 bits per heavy atom. The molecule has 0 bridgehead atoms. The van der Waals surface area contributed by atoms with Crippen LogP contribution in [0.3, 0.4) is 0 Å². The maximum Gasteiger partial charge on any atom is 0.340 e. The molecular weight excluding hydrogens is 382 g/mol. The van der Waals surface area contributed by atoms with Crippen molar-refractivity contribution < 1.29 is 14.3 Å². The van der Waals surface area contributed by atoms with Gasteiger partial charge in [-0.3, -0.25) is 4.79 Å². The molecule has 1 amide bonds. The van der Waals surface area contributed by atoms with Crippen molar-refractivity contribution in [1.29, 1.82) is 5.26 Å². The van der Waals surface area contributed by atoms with E-state index >= 15 is 0 Å².